The lowest BCUT2D eigenvalue weighted by atomic mass is 9.84. The molecule has 3 aromatic carbocycles. The van der Waals surface area contributed by atoms with Gasteiger partial charge in [-0.2, -0.15) is 0 Å². The standard InChI is InChI=1S/C26H27NO2/c1-19(20-12-14-26(15-13-20)29-25-10-6-3-7-11-25)27-23-16-22(17-24(28)18-23)21-8-4-2-5-9-21/h2-15,18-19,22,24,27-28H,16-17H2,1H3. The molecule has 0 radical (unpaired) electrons. The Bertz CT molecular complexity index is 935. The van der Waals surface area contributed by atoms with E-state index in [1.807, 2.05) is 54.6 Å². The third-order valence-electron chi connectivity index (χ3n) is 5.42. The van der Waals surface area contributed by atoms with Crippen LogP contribution in [0.1, 0.15) is 42.9 Å². The zero-order valence-electron chi connectivity index (χ0n) is 16.7. The molecule has 0 aliphatic heterocycles. The summed E-state index contributed by atoms with van der Waals surface area (Å²) in [6.45, 7) is 2.15. The lowest BCUT2D eigenvalue weighted by Crippen LogP contribution is -2.26. The Morgan fingerprint density at radius 2 is 1.48 bits per heavy atom. The van der Waals surface area contributed by atoms with Crippen molar-refractivity contribution in [2.45, 2.75) is 37.8 Å². The summed E-state index contributed by atoms with van der Waals surface area (Å²) in [7, 11) is 0. The van der Waals surface area contributed by atoms with Crippen molar-refractivity contribution >= 4 is 0 Å². The van der Waals surface area contributed by atoms with E-state index in [0.717, 1.165) is 30.0 Å². The number of para-hydroxylation sites is 1. The second-order valence-corrected chi connectivity index (χ2v) is 7.66. The summed E-state index contributed by atoms with van der Waals surface area (Å²) in [5.41, 5.74) is 3.58. The fourth-order valence-electron chi connectivity index (χ4n) is 3.91. The first-order valence-electron chi connectivity index (χ1n) is 10.2. The average Bonchev–Trinajstić information content (AvgIpc) is 2.75. The number of ether oxygens (including phenoxy) is 1. The van der Waals surface area contributed by atoms with Gasteiger partial charge in [0.2, 0.25) is 0 Å². The Balaban J connectivity index is 1.40. The second kappa shape index (κ2) is 8.97. The second-order valence-electron chi connectivity index (χ2n) is 7.66. The summed E-state index contributed by atoms with van der Waals surface area (Å²) in [6.07, 6.45) is 3.24. The van der Waals surface area contributed by atoms with Crippen LogP contribution in [0.4, 0.5) is 0 Å². The van der Waals surface area contributed by atoms with Gasteiger partial charge in [-0.3, -0.25) is 0 Å². The molecule has 2 N–H and O–H groups in total. The van der Waals surface area contributed by atoms with Crippen molar-refractivity contribution in [2.24, 2.45) is 0 Å². The van der Waals surface area contributed by atoms with E-state index in [0.29, 0.717) is 5.92 Å². The minimum atomic E-state index is -0.412. The highest BCUT2D eigenvalue weighted by Gasteiger charge is 2.23. The Morgan fingerprint density at radius 1 is 0.862 bits per heavy atom. The van der Waals surface area contributed by atoms with Crippen molar-refractivity contribution in [3.8, 4) is 11.5 Å². The number of hydrogen-bond donors (Lipinski definition) is 2. The molecule has 0 fully saturated rings. The highest BCUT2D eigenvalue weighted by atomic mass is 16.5. The first-order valence-corrected chi connectivity index (χ1v) is 10.2. The summed E-state index contributed by atoms with van der Waals surface area (Å²) in [6, 6.07) is 28.6. The van der Waals surface area contributed by atoms with Crippen LogP contribution in [0.15, 0.2) is 96.7 Å². The minimum Gasteiger partial charge on any atom is -0.457 e. The molecule has 1 aliphatic carbocycles. The van der Waals surface area contributed by atoms with Gasteiger partial charge in [-0.1, -0.05) is 60.7 Å². The van der Waals surface area contributed by atoms with Crippen molar-refractivity contribution < 1.29 is 9.84 Å². The normalized spacial score (nSPS) is 19.9. The molecule has 1 aliphatic rings. The Hall–Kier alpha value is -3.04. The molecule has 3 aromatic rings. The largest absolute Gasteiger partial charge is 0.457 e. The molecule has 0 amide bonds. The molecule has 4 rings (SSSR count). The number of hydrogen-bond acceptors (Lipinski definition) is 3. The fourth-order valence-corrected chi connectivity index (χ4v) is 3.91. The number of benzene rings is 3. The molecule has 0 heterocycles. The van der Waals surface area contributed by atoms with Crippen LogP contribution in [0.2, 0.25) is 0 Å². The summed E-state index contributed by atoms with van der Waals surface area (Å²) in [5.74, 6) is 2.00. The molecule has 0 saturated carbocycles. The van der Waals surface area contributed by atoms with Gasteiger partial charge in [0.25, 0.3) is 0 Å². The van der Waals surface area contributed by atoms with Crippen LogP contribution in [0.5, 0.6) is 11.5 Å². The molecule has 148 valence electrons. The smallest absolute Gasteiger partial charge is 0.127 e. The fraction of sp³-hybridized carbons (Fsp3) is 0.231. The maximum Gasteiger partial charge on any atom is 0.127 e. The monoisotopic (exact) mass is 385 g/mol. The molecule has 0 bridgehead atoms. The first kappa shape index (κ1) is 19.3. The maximum atomic E-state index is 10.3. The molecule has 3 atom stereocenters. The van der Waals surface area contributed by atoms with Gasteiger partial charge in [0.05, 0.1) is 6.10 Å². The molecular weight excluding hydrogens is 358 g/mol. The highest BCUT2D eigenvalue weighted by molar-refractivity contribution is 5.34. The Morgan fingerprint density at radius 3 is 2.17 bits per heavy atom. The maximum absolute atomic E-state index is 10.3. The van der Waals surface area contributed by atoms with E-state index in [4.69, 9.17) is 4.74 Å². The number of aliphatic hydroxyl groups is 1. The van der Waals surface area contributed by atoms with E-state index in [1.165, 1.54) is 11.1 Å². The van der Waals surface area contributed by atoms with Gasteiger partial charge in [-0.25, -0.2) is 0 Å². The van der Waals surface area contributed by atoms with E-state index in [2.05, 4.69) is 48.6 Å². The predicted molar refractivity (Wildman–Crippen MR) is 117 cm³/mol. The summed E-state index contributed by atoms with van der Waals surface area (Å²) < 4.78 is 5.88. The van der Waals surface area contributed by atoms with E-state index >= 15 is 0 Å². The van der Waals surface area contributed by atoms with Crippen LogP contribution in [-0.2, 0) is 0 Å². The van der Waals surface area contributed by atoms with Gasteiger partial charge < -0.3 is 15.2 Å². The molecule has 0 spiro atoms. The van der Waals surface area contributed by atoms with Gasteiger partial charge in [0, 0.05) is 11.7 Å². The van der Waals surface area contributed by atoms with Gasteiger partial charge in [-0.15, -0.1) is 0 Å². The lowest BCUT2D eigenvalue weighted by molar-refractivity contribution is 0.190. The molecule has 3 nitrogen and oxygen atoms in total. The quantitative estimate of drug-likeness (QED) is 0.551. The number of aliphatic hydroxyl groups excluding tert-OH is 1. The minimum absolute atomic E-state index is 0.147. The lowest BCUT2D eigenvalue weighted by Gasteiger charge is -2.29. The Kier molecular flexibility index (Phi) is 5.97. The van der Waals surface area contributed by atoms with E-state index in [1.54, 1.807) is 0 Å². The van der Waals surface area contributed by atoms with E-state index in [9.17, 15) is 5.11 Å². The SMILES string of the molecule is CC(NC1=CC(O)CC(c2ccccc2)C1)c1ccc(Oc2ccccc2)cc1. The van der Waals surface area contributed by atoms with Crippen molar-refractivity contribution in [1.82, 2.24) is 5.32 Å². The van der Waals surface area contributed by atoms with Crippen molar-refractivity contribution in [2.75, 3.05) is 0 Å². The third-order valence-corrected chi connectivity index (χ3v) is 5.42. The van der Waals surface area contributed by atoms with Crippen LogP contribution < -0.4 is 10.1 Å². The van der Waals surface area contributed by atoms with Crippen LogP contribution in [0.25, 0.3) is 0 Å². The van der Waals surface area contributed by atoms with Crippen LogP contribution >= 0.6 is 0 Å². The Labute approximate surface area is 172 Å². The van der Waals surface area contributed by atoms with Crippen molar-refractivity contribution in [3.05, 3.63) is 108 Å². The van der Waals surface area contributed by atoms with Crippen LogP contribution in [0, 0.1) is 0 Å². The molecule has 0 saturated heterocycles. The highest BCUT2D eigenvalue weighted by Crippen LogP contribution is 2.33. The molecule has 3 unspecified atom stereocenters. The van der Waals surface area contributed by atoms with E-state index in [-0.39, 0.29) is 6.04 Å². The summed E-state index contributed by atoms with van der Waals surface area (Å²) >= 11 is 0. The van der Waals surface area contributed by atoms with Gasteiger partial charge in [0.15, 0.2) is 0 Å². The third kappa shape index (κ3) is 5.07. The zero-order valence-corrected chi connectivity index (χ0v) is 16.7. The zero-order chi connectivity index (χ0) is 20.1. The predicted octanol–water partition coefficient (Wildman–Crippen LogP) is 5.95. The van der Waals surface area contributed by atoms with E-state index < -0.39 is 6.10 Å². The van der Waals surface area contributed by atoms with Gasteiger partial charge in [0.1, 0.15) is 11.5 Å². The topological polar surface area (TPSA) is 41.5 Å². The number of nitrogens with one attached hydrogen (secondary N) is 1. The molecule has 0 aromatic heterocycles. The summed E-state index contributed by atoms with van der Waals surface area (Å²) in [5, 5.41) is 13.9. The van der Waals surface area contributed by atoms with Crippen LogP contribution in [0.3, 0.4) is 0 Å². The molecule has 3 heteroatoms. The van der Waals surface area contributed by atoms with Crippen molar-refractivity contribution in [3.63, 3.8) is 0 Å². The van der Waals surface area contributed by atoms with Crippen LogP contribution in [-0.4, -0.2) is 11.2 Å². The van der Waals surface area contributed by atoms with Crippen molar-refractivity contribution in [1.29, 1.82) is 0 Å². The van der Waals surface area contributed by atoms with Gasteiger partial charge in [-0.05, 0) is 67.2 Å². The molecule has 29 heavy (non-hydrogen) atoms. The first-order chi connectivity index (χ1) is 14.2. The average molecular weight is 386 g/mol. The van der Waals surface area contributed by atoms with Gasteiger partial charge >= 0.3 is 0 Å². The summed E-state index contributed by atoms with van der Waals surface area (Å²) in [4.78, 5) is 0. The molecular formula is C26H27NO2. The number of allylic oxidation sites excluding steroid dienone is 1. The number of rotatable bonds is 6.